The Morgan fingerprint density at radius 3 is 2.46 bits per heavy atom. The van der Waals surface area contributed by atoms with Gasteiger partial charge in [0.2, 0.25) is 5.91 Å². The summed E-state index contributed by atoms with van der Waals surface area (Å²) in [6.45, 7) is 7.37. The second-order valence-corrected chi connectivity index (χ2v) is 5.74. The number of benzene rings is 1. The van der Waals surface area contributed by atoms with Gasteiger partial charge in [0.1, 0.15) is 0 Å². The number of rotatable bonds is 6. The van der Waals surface area contributed by atoms with Crippen LogP contribution in [0.5, 0.6) is 0 Å². The first-order valence-electron chi connectivity index (χ1n) is 8.37. The first-order chi connectivity index (χ1) is 12.0. The number of halogens is 1. The van der Waals surface area contributed by atoms with Crippen LogP contribution in [0, 0.1) is 13.8 Å². The van der Waals surface area contributed by atoms with Crippen molar-refractivity contribution >= 4 is 41.5 Å². The summed E-state index contributed by atoms with van der Waals surface area (Å²) in [6, 6.07) is 9.38. The molecule has 0 radical (unpaired) electrons. The summed E-state index contributed by atoms with van der Waals surface area (Å²) < 4.78 is 1.86. The Morgan fingerprint density at radius 2 is 1.88 bits per heavy atom. The van der Waals surface area contributed by atoms with Crippen molar-refractivity contribution in [3.05, 3.63) is 47.3 Å². The first-order valence-corrected chi connectivity index (χ1v) is 8.37. The van der Waals surface area contributed by atoms with Gasteiger partial charge in [0, 0.05) is 30.5 Å². The normalized spacial score (nSPS) is 10.8. The molecule has 0 aliphatic rings. The number of anilines is 1. The lowest BCUT2D eigenvalue weighted by Crippen LogP contribution is -2.41. The molecule has 3 N–H and O–H groups in total. The van der Waals surface area contributed by atoms with Gasteiger partial charge in [0.15, 0.2) is 5.96 Å². The Labute approximate surface area is 171 Å². The largest absolute Gasteiger partial charge is 0.357 e. The van der Waals surface area contributed by atoms with Crippen LogP contribution in [0.15, 0.2) is 35.3 Å². The van der Waals surface area contributed by atoms with Gasteiger partial charge in [-0.3, -0.25) is 9.48 Å². The number of aliphatic imine (C=N–C) groups is 1. The lowest BCUT2D eigenvalue weighted by Gasteiger charge is -2.11. The minimum Gasteiger partial charge on any atom is -0.357 e. The van der Waals surface area contributed by atoms with Gasteiger partial charge in [0.05, 0.1) is 18.8 Å². The van der Waals surface area contributed by atoms with Crippen LogP contribution >= 0.6 is 24.0 Å². The Kier molecular flexibility index (Phi) is 9.11. The van der Waals surface area contributed by atoms with E-state index in [1.165, 1.54) is 0 Å². The van der Waals surface area contributed by atoms with Crippen molar-refractivity contribution in [2.45, 2.75) is 27.3 Å². The number of hydrogen-bond acceptors (Lipinski definition) is 3. The van der Waals surface area contributed by atoms with Gasteiger partial charge in [0.25, 0.3) is 0 Å². The lowest BCUT2D eigenvalue weighted by molar-refractivity contribution is -0.115. The van der Waals surface area contributed by atoms with Gasteiger partial charge in [-0.05, 0) is 32.9 Å². The smallest absolute Gasteiger partial charge is 0.243 e. The van der Waals surface area contributed by atoms with E-state index in [2.05, 4.69) is 26.0 Å². The van der Waals surface area contributed by atoms with Crippen molar-refractivity contribution in [2.75, 3.05) is 18.4 Å². The second kappa shape index (κ2) is 10.8. The highest BCUT2D eigenvalue weighted by atomic mass is 127. The summed E-state index contributed by atoms with van der Waals surface area (Å²) in [5.41, 5.74) is 3.95. The number of guanidine groups is 1. The fourth-order valence-electron chi connectivity index (χ4n) is 2.44. The Bertz CT molecular complexity index is 742. The average Bonchev–Trinajstić information content (AvgIpc) is 2.83. The molecule has 0 saturated heterocycles. The van der Waals surface area contributed by atoms with E-state index < -0.39 is 0 Å². The van der Waals surface area contributed by atoms with Crippen LogP contribution in [0.1, 0.15) is 23.9 Å². The molecule has 26 heavy (non-hydrogen) atoms. The van der Waals surface area contributed by atoms with Gasteiger partial charge in [-0.15, -0.1) is 24.0 Å². The summed E-state index contributed by atoms with van der Waals surface area (Å²) in [6.07, 6.45) is 0. The number of amides is 1. The molecule has 0 bridgehead atoms. The standard InChI is InChI=1S/C18H26N6O.HI/c1-5-19-18(20-11-16-13(2)23-24(4)14(16)3)21-12-17(25)22-15-9-7-6-8-10-15;/h6-10H,5,11-12H2,1-4H3,(H,22,25)(H2,19,20,21);1H. The molecule has 1 amide bonds. The molecule has 0 atom stereocenters. The van der Waals surface area contributed by atoms with Crippen LogP contribution in [-0.2, 0) is 18.4 Å². The van der Waals surface area contributed by atoms with Crippen LogP contribution in [0.2, 0.25) is 0 Å². The lowest BCUT2D eigenvalue weighted by atomic mass is 10.2. The third kappa shape index (κ3) is 6.32. The van der Waals surface area contributed by atoms with Crippen molar-refractivity contribution < 1.29 is 4.79 Å². The maximum Gasteiger partial charge on any atom is 0.243 e. The first kappa shape index (κ1) is 21.9. The number of hydrogen-bond donors (Lipinski definition) is 3. The number of nitrogens with one attached hydrogen (secondary N) is 3. The zero-order chi connectivity index (χ0) is 18.2. The van der Waals surface area contributed by atoms with Crippen LogP contribution < -0.4 is 16.0 Å². The van der Waals surface area contributed by atoms with Crippen LogP contribution in [0.4, 0.5) is 5.69 Å². The maximum atomic E-state index is 12.0. The third-order valence-electron chi connectivity index (χ3n) is 3.87. The van der Waals surface area contributed by atoms with Crippen LogP contribution in [-0.4, -0.2) is 34.7 Å². The molecule has 0 aliphatic heterocycles. The van der Waals surface area contributed by atoms with Crippen molar-refractivity contribution in [1.29, 1.82) is 0 Å². The van der Waals surface area contributed by atoms with Gasteiger partial charge in [-0.25, -0.2) is 4.99 Å². The maximum absolute atomic E-state index is 12.0. The van der Waals surface area contributed by atoms with Gasteiger partial charge in [-0.2, -0.15) is 5.10 Å². The molecule has 0 unspecified atom stereocenters. The van der Waals surface area contributed by atoms with Crippen molar-refractivity contribution in [3.8, 4) is 0 Å². The molecule has 1 aromatic heterocycles. The topological polar surface area (TPSA) is 83.3 Å². The summed E-state index contributed by atoms with van der Waals surface area (Å²) in [5.74, 6) is 0.485. The fourth-order valence-corrected chi connectivity index (χ4v) is 2.44. The fraction of sp³-hybridized carbons (Fsp3) is 0.389. The Balaban J connectivity index is 0.00000338. The number of aryl methyl sites for hydroxylation is 2. The number of para-hydroxylation sites is 1. The van der Waals surface area contributed by atoms with E-state index in [-0.39, 0.29) is 36.4 Å². The molecular formula is C18H27IN6O. The molecule has 8 heteroatoms. The molecule has 2 rings (SSSR count). The summed E-state index contributed by atoms with van der Waals surface area (Å²) >= 11 is 0. The van der Waals surface area contributed by atoms with E-state index in [0.717, 1.165) is 29.2 Å². The van der Waals surface area contributed by atoms with Gasteiger partial charge in [-0.1, -0.05) is 18.2 Å². The highest BCUT2D eigenvalue weighted by molar-refractivity contribution is 14.0. The monoisotopic (exact) mass is 470 g/mol. The molecular weight excluding hydrogens is 443 g/mol. The molecule has 0 spiro atoms. The zero-order valence-electron chi connectivity index (χ0n) is 15.7. The molecule has 7 nitrogen and oxygen atoms in total. The van der Waals surface area contributed by atoms with Gasteiger partial charge < -0.3 is 16.0 Å². The van der Waals surface area contributed by atoms with E-state index in [4.69, 9.17) is 0 Å². The second-order valence-electron chi connectivity index (χ2n) is 5.74. The minimum atomic E-state index is -0.120. The molecule has 0 saturated carbocycles. The Hall–Kier alpha value is -2.10. The van der Waals surface area contributed by atoms with Crippen LogP contribution in [0.3, 0.4) is 0 Å². The molecule has 1 aromatic carbocycles. The highest BCUT2D eigenvalue weighted by Gasteiger charge is 2.09. The van der Waals surface area contributed by atoms with E-state index in [9.17, 15) is 4.79 Å². The van der Waals surface area contributed by atoms with Crippen molar-refractivity contribution in [3.63, 3.8) is 0 Å². The molecule has 0 fully saturated rings. The third-order valence-corrected chi connectivity index (χ3v) is 3.87. The molecule has 1 heterocycles. The summed E-state index contributed by atoms with van der Waals surface area (Å²) in [7, 11) is 1.92. The minimum absolute atomic E-state index is 0. The Morgan fingerprint density at radius 1 is 1.19 bits per heavy atom. The summed E-state index contributed by atoms with van der Waals surface area (Å²) in [5, 5.41) is 13.4. The van der Waals surface area contributed by atoms with Crippen molar-refractivity contribution in [2.24, 2.45) is 12.0 Å². The molecule has 0 aliphatic carbocycles. The van der Waals surface area contributed by atoms with E-state index in [0.29, 0.717) is 12.5 Å². The molecule has 142 valence electrons. The zero-order valence-corrected chi connectivity index (χ0v) is 18.0. The average molecular weight is 470 g/mol. The van der Waals surface area contributed by atoms with E-state index >= 15 is 0 Å². The van der Waals surface area contributed by atoms with E-state index in [1.807, 2.05) is 62.8 Å². The highest BCUT2D eigenvalue weighted by Crippen LogP contribution is 2.12. The molecule has 2 aromatic rings. The van der Waals surface area contributed by atoms with Gasteiger partial charge >= 0.3 is 0 Å². The SMILES string of the molecule is CCNC(=NCc1c(C)nn(C)c1C)NCC(=O)Nc1ccccc1.I. The quantitative estimate of drug-likeness (QED) is 0.344. The van der Waals surface area contributed by atoms with Crippen molar-refractivity contribution in [1.82, 2.24) is 20.4 Å². The van der Waals surface area contributed by atoms with Crippen LogP contribution in [0.25, 0.3) is 0 Å². The predicted octanol–water partition coefficient (Wildman–Crippen LogP) is 2.35. The number of carbonyl (C=O) groups is 1. The number of nitrogens with zero attached hydrogens (tertiary/aromatic N) is 3. The summed E-state index contributed by atoms with van der Waals surface area (Å²) in [4.78, 5) is 16.6. The number of carbonyl (C=O) groups excluding carboxylic acids is 1. The number of aromatic nitrogens is 2. The van der Waals surface area contributed by atoms with E-state index in [1.54, 1.807) is 0 Å². The predicted molar refractivity (Wildman–Crippen MR) is 116 cm³/mol.